The van der Waals surface area contributed by atoms with Gasteiger partial charge in [-0.25, -0.2) is 15.0 Å². The third-order valence-corrected chi connectivity index (χ3v) is 5.90. The van der Waals surface area contributed by atoms with Gasteiger partial charge >= 0.3 is 0 Å². The third-order valence-electron chi connectivity index (χ3n) is 5.90. The van der Waals surface area contributed by atoms with Gasteiger partial charge in [0.2, 0.25) is 0 Å². The standard InChI is InChI=1S/C31H17N9/c32-16-22-4-10-26(11-5-22)39(28-14-8-24(18-34)20-36-28)30-2-1-3-31(38-30)40(27-12-6-23(17-33)7-13-27)29-15-9-25(19-35)21-37-29/h1-15,20-21H. The van der Waals surface area contributed by atoms with Crippen LogP contribution in [0.15, 0.2) is 103 Å². The largest absolute Gasteiger partial charge is 0.279 e. The van der Waals surface area contributed by atoms with Gasteiger partial charge in [-0.3, -0.25) is 9.80 Å². The second kappa shape index (κ2) is 11.2. The second-order valence-corrected chi connectivity index (χ2v) is 8.38. The molecular weight excluding hydrogens is 498 g/mol. The van der Waals surface area contributed by atoms with Crippen LogP contribution in [0.3, 0.4) is 0 Å². The van der Waals surface area contributed by atoms with Gasteiger partial charge in [0.1, 0.15) is 35.4 Å². The van der Waals surface area contributed by atoms with Gasteiger partial charge in [0.05, 0.1) is 34.4 Å². The normalized spacial score (nSPS) is 9.90. The number of benzene rings is 2. The second-order valence-electron chi connectivity index (χ2n) is 8.38. The van der Waals surface area contributed by atoms with Crippen molar-refractivity contribution in [2.75, 3.05) is 9.80 Å². The Morgan fingerprint density at radius 1 is 0.425 bits per heavy atom. The van der Waals surface area contributed by atoms with Crippen molar-refractivity contribution in [1.82, 2.24) is 15.0 Å². The zero-order chi connectivity index (χ0) is 27.9. The van der Waals surface area contributed by atoms with Gasteiger partial charge < -0.3 is 0 Å². The first kappa shape index (κ1) is 25.1. The Bertz CT molecular complexity index is 1570. The number of anilines is 6. The van der Waals surface area contributed by atoms with Gasteiger partial charge in [-0.1, -0.05) is 6.07 Å². The van der Waals surface area contributed by atoms with Crippen LogP contribution in [0.4, 0.5) is 34.6 Å². The maximum Gasteiger partial charge on any atom is 0.141 e. The first-order chi connectivity index (χ1) is 19.6. The summed E-state index contributed by atoms with van der Waals surface area (Å²) < 4.78 is 0. The summed E-state index contributed by atoms with van der Waals surface area (Å²) in [4.78, 5) is 17.6. The van der Waals surface area contributed by atoms with E-state index in [-0.39, 0.29) is 0 Å². The Labute approximate surface area is 230 Å². The summed E-state index contributed by atoms with van der Waals surface area (Å²) in [6.07, 6.45) is 2.97. The molecule has 0 N–H and O–H groups in total. The summed E-state index contributed by atoms with van der Waals surface area (Å²) in [6, 6.07) is 34.7. The van der Waals surface area contributed by atoms with E-state index in [0.29, 0.717) is 56.9 Å². The van der Waals surface area contributed by atoms with Crippen molar-refractivity contribution in [2.24, 2.45) is 0 Å². The summed E-state index contributed by atoms with van der Waals surface area (Å²) in [7, 11) is 0. The maximum absolute atomic E-state index is 9.27. The number of rotatable bonds is 6. The highest BCUT2D eigenvalue weighted by atomic mass is 15.3. The molecule has 0 amide bonds. The van der Waals surface area contributed by atoms with Gasteiger partial charge in [-0.05, 0) is 84.9 Å². The molecule has 0 atom stereocenters. The van der Waals surface area contributed by atoms with Crippen molar-refractivity contribution in [1.29, 1.82) is 21.0 Å². The molecule has 5 rings (SSSR count). The molecule has 40 heavy (non-hydrogen) atoms. The quantitative estimate of drug-likeness (QED) is 0.255. The smallest absolute Gasteiger partial charge is 0.141 e. The van der Waals surface area contributed by atoms with Crippen LogP contribution in [0.25, 0.3) is 0 Å². The summed E-state index contributed by atoms with van der Waals surface area (Å²) >= 11 is 0. The van der Waals surface area contributed by atoms with Gasteiger partial charge in [0.25, 0.3) is 0 Å². The summed E-state index contributed by atoms with van der Waals surface area (Å²) in [6.45, 7) is 0. The van der Waals surface area contributed by atoms with Gasteiger partial charge in [-0.2, -0.15) is 21.0 Å². The molecule has 0 aliphatic heterocycles. The van der Waals surface area contributed by atoms with Gasteiger partial charge in [0, 0.05) is 23.8 Å². The molecule has 0 radical (unpaired) electrons. The monoisotopic (exact) mass is 515 g/mol. The lowest BCUT2D eigenvalue weighted by molar-refractivity contribution is 1.08. The highest BCUT2D eigenvalue weighted by Gasteiger charge is 2.20. The zero-order valence-electron chi connectivity index (χ0n) is 20.8. The molecule has 9 heteroatoms. The molecule has 0 unspecified atom stereocenters. The van der Waals surface area contributed by atoms with Crippen LogP contribution in [-0.2, 0) is 0 Å². The van der Waals surface area contributed by atoms with Crippen molar-refractivity contribution < 1.29 is 0 Å². The van der Waals surface area contributed by atoms with E-state index in [2.05, 4.69) is 34.2 Å². The Kier molecular flexibility index (Phi) is 7.05. The summed E-state index contributed by atoms with van der Waals surface area (Å²) in [5.74, 6) is 2.09. The van der Waals surface area contributed by atoms with Crippen LogP contribution in [0.1, 0.15) is 22.3 Å². The van der Waals surface area contributed by atoms with E-state index in [0.717, 1.165) is 0 Å². The average Bonchev–Trinajstić information content (AvgIpc) is 3.03. The molecule has 0 bridgehead atoms. The number of pyridine rings is 3. The van der Waals surface area contributed by atoms with Crippen LogP contribution in [0.2, 0.25) is 0 Å². The van der Waals surface area contributed by atoms with Crippen LogP contribution in [-0.4, -0.2) is 15.0 Å². The van der Waals surface area contributed by atoms with Crippen molar-refractivity contribution in [3.8, 4) is 24.3 Å². The van der Waals surface area contributed by atoms with E-state index >= 15 is 0 Å². The lowest BCUT2D eigenvalue weighted by Gasteiger charge is -2.27. The van der Waals surface area contributed by atoms with Crippen molar-refractivity contribution in [3.63, 3.8) is 0 Å². The average molecular weight is 516 g/mol. The predicted molar refractivity (Wildman–Crippen MR) is 148 cm³/mol. The molecule has 0 spiro atoms. The highest BCUT2D eigenvalue weighted by molar-refractivity contribution is 5.77. The van der Waals surface area contributed by atoms with Crippen molar-refractivity contribution in [3.05, 3.63) is 126 Å². The molecule has 5 aromatic rings. The fraction of sp³-hybridized carbons (Fsp3) is 0. The van der Waals surface area contributed by atoms with E-state index in [1.807, 2.05) is 28.0 Å². The SMILES string of the molecule is N#Cc1ccc(N(c2ccc(C#N)cn2)c2cccc(N(c3ccc(C#N)cc3)c3ccc(C#N)cn3)n2)cc1. The highest BCUT2D eigenvalue weighted by Crippen LogP contribution is 2.37. The molecular formula is C31H17N9. The molecule has 0 saturated carbocycles. The number of hydrogen-bond donors (Lipinski definition) is 0. The Morgan fingerprint density at radius 2 is 0.800 bits per heavy atom. The first-order valence-electron chi connectivity index (χ1n) is 11.9. The Morgan fingerprint density at radius 3 is 1.12 bits per heavy atom. The Balaban J connectivity index is 1.66. The lowest BCUT2D eigenvalue weighted by atomic mass is 10.2. The van der Waals surface area contributed by atoms with Crippen molar-refractivity contribution >= 4 is 34.6 Å². The zero-order valence-corrected chi connectivity index (χ0v) is 20.8. The van der Waals surface area contributed by atoms with Crippen LogP contribution >= 0.6 is 0 Å². The lowest BCUT2D eigenvalue weighted by Crippen LogP contribution is -2.17. The van der Waals surface area contributed by atoms with Crippen LogP contribution in [0.5, 0.6) is 0 Å². The van der Waals surface area contributed by atoms with E-state index < -0.39 is 0 Å². The van der Waals surface area contributed by atoms with Gasteiger partial charge in [-0.15, -0.1) is 0 Å². The molecule has 2 aromatic carbocycles. The topological polar surface area (TPSA) is 140 Å². The van der Waals surface area contributed by atoms with E-state index in [1.54, 1.807) is 72.8 Å². The number of nitrogens with zero attached hydrogens (tertiary/aromatic N) is 9. The minimum Gasteiger partial charge on any atom is -0.279 e. The Hall–Kier alpha value is -6.55. The first-order valence-corrected chi connectivity index (χ1v) is 11.9. The fourth-order valence-corrected chi connectivity index (χ4v) is 3.96. The summed E-state index contributed by atoms with van der Waals surface area (Å²) in [5, 5.41) is 37.0. The molecule has 0 fully saturated rings. The third kappa shape index (κ3) is 5.12. The molecule has 186 valence electrons. The van der Waals surface area contributed by atoms with E-state index in [1.165, 1.54) is 12.4 Å². The van der Waals surface area contributed by atoms with Crippen LogP contribution in [0, 0.1) is 45.3 Å². The summed E-state index contributed by atoms with van der Waals surface area (Å²) in [5.41, 5.74) is 3.28. The molecule has 9 nitrogen and oxygen atoms in total. The molecule has 0 saturated heterocycles. The van der Waals surface area contributed by atoms with Crippen LogP contribution < -0.4 is 9.80 Å². The predicted octanol–water partition coefficient (Wildman–Crippen LogP) is 6.30. The molecule has 3 aromatic heterocycles. The van der Waals surface area contributed by atoms with E-state index in [4.69, 9.17) is 4.98 Å². The van der Waals surface area contributed by atoms with Crippen molar-refractivity contribution in [2.45, 2.75) is 0 Å². The maximum atomic E-state index is 9.27. The molecule has 0 aliphatic rings. The number of hydrogen-bond acceptors (Lipinski definition) is 9. The fourth-order valence-electron chi connectivity index (χ4n) is 3.96. The minimum atomic E-state index is 0.420. The van der Waals surface area contributed by atoms with E-state index in [9.17, 15) is 21.0 Å². The number of aromatic nitrogens is 3. The molecule has 0 aliphatic carbocycles. The van der Waals surface area contributed by atoms with Gasteiger partial charge in [0.15, 0.2) is 0 Å². The number of nitriles is 4. The molecule has 3 heterocycles. The minimum absolute atomic E-state index is 0.420.